The van der Waals surface area contributed by atoms with E-state index < -0.39 is 23.6 Å². The van der Waals surface area contributed by atoms with E-state index >= 15 is 0 Å². The smallest absolute Gasteiger partial charge is 0.313 e. The van der Waals surface area contributed by atoms with Crippen molar-refractivity contribution >= 4 is 22.9 Å². The second kappa shape index (κ2) is 11.8. The molecule has 43 heavy (non-hydrogen) atoms. The van der Waals surface area contributed by atoms with Gasteiger partial charge >= 0.3 is 5.97 Å². The van der Waals surface area contributed by atoms with Gasteiger partial charge in [0.25, 0.3) is 12.3 Å². The van der Waals surface area contributed by atoms with Crippen molar-refractivity contribution in [1.82, 2.24) is 14.9 Å². The summed E-state index contributed by atoms with van der Waals surface area (Å²) in [6, 6.07) is 21.2. The minimum atomic E-state index is -2.76. The summed E-state index contributed by atoms with van der Waals surface area (Å²) in [6.07, 6.45) is -1.16. The van der Waals surface area contributed by atoms with Crippen molar-refractivity contribution in [3.63, 3.8) is 0 Å². The number of fused-ring (bicyclic) bond motifs is 1. The van der Waals surface area contributed by atoms with Crippen LogP contribution in [0.3, 0.4) is 0 Å². The fourth-order valence-electron chi connectivity index (χ4n) is 4.94. The summed E-state index contributed by atoms with van der Waals surface area (Å²) in [6.45, 7) is 7.11. The maximum Gasteiger partial charge on any atom is 0.313 e. The molecule has 0 aliphatic rings. The third-order valence-electron chi connectivity index (χ3n) is 7.75. The lowest BCUT2D eigenvalue weighted by atomic mass is 9.83. The third kappa shape index (κ3) is 6.02. The molecule has 0 saturated carbocycles. The van der Waals surface area contributed by atoms with Crippen LogP contribution in [-0.4, -0.2) is 31.9 Å². The molecule has 220 valence electrons. The minimum Gasteiger partial charge on any atom is -0.481 e. The van der Waals surface area contributed by atoms with Gasteiger partial charge in [0.15, 0.2) is 5.76 Å². The van der Waals surface area contributed by atoms with E-state index in [4.69, 9.17) is 4.42 Å². The number of rotatable bonds is 9. The number of halogens is 2. The van der Waals surface area contributed by atoms with Crippen molar-refractivity contribution < 1.29 is 27.9 Å². The van der Waals surface area contributed by atoms with E-state index in [-0.39, 0.29) is 24.8 Å². The highest BCUT2D eigenvalue weighted by molar-refractivity contribution is 6.06. The molecule has 0 unspecified atom stereocenters. The standard InChI is InChI=1S/C34H31F2N3O4/c1-20-21(2)38-27-9-6-16-37-30(27)29(20)32(40)39(19-26-14-15-28(43-26)31(35)36)18-22-10-12-23(13-11-22)24-7-5-8-25(17-24)34(3,4)33(41)42/h5-17,31H,18-19H2,1-4H3,(H,41,42). The predicted octanol–water partition coefficient (Wildman–Crippen LogP) is 7.65. The molecule has 0 aliphatic heterocycles. The molecule has 2 aromatic carbocycles. The number of hydrogen-bond donors (Lipinski definition) is 1. The number of pyridine rings is 2. The molecule has 0 bridgehead atoms. The molecule has 5 rings (SSSR count). The Morgan fingerprint density at radius 1 is 0.953 bits per heavy atom. The highest BCUT2D eigenvalue weighted by atomic mass is 19.3. The molecule has 3 aromatic heterocycles. The van der Waals surface area contributed by atoms with Crippen molar-refractivity contribution in [3.05, 3.63) is 118 Å². The van der Waals surface area contributed by atoms with Crippen molar-refractivity contribution in [3.8, 4) is 11.1 Å². The van der Waals surface area contributed by atoms with Gasteiger partial charge in [-0.15, -0.1) is 0 Å². The summed E-state index contributed by atoms with van der Waals surface area (Å²) in [7, 11) is 0. The van der Waals surface area contributed by atoms with Crippen LogP contribution in [-0.2, 0) is 23.3 Å². The summed E-state index contributed by atoms with van der Waals surface area (Å²) in [4.78, 5) is 36.5. The van der Waals surface area contributed by atoms with Crippen LogP contribution in [0.1, 0.15) is 64.5 Å². The zero-order valence-corrected chi connectivity index (χ0v) is 24.3. The summed E-state index contributed by atoms with van der Waals surface area (Å²) in [5.41, 5.74) is 5.03. The number of furan rings is 1. The van der Waals surface area contributed by atoms with Crippen LogP contribution >= 0.6 is 0 Å². The van der Waals surface area contributed by atoms with Crippen molar-refractivity contribution in [2.75, 3.05) is 0 Å². The maximum absolute atomic E-state index is 14.2. The van der Waals surface area contributed by atoms with E-state index in [0.717, 1.165) is 16.7 Å². The Balaban J connectivity index is 1.49. The van der Waals surface area contributed by atoms with E-state index in [1.165, 1.54) is 12.1 Å². The lowest BCUT2D eigenvalue weighted by molar-refractivity contribution is -0.142. The Hall–Kier alpha value is -4.92. The molecule has 0 saturated heterocycles. The van der Waals surface area contributed by atoms with Gasteiger partial charge in [-0.1, -0.05) is 48.5 Å². The Kier molecular flexibility index (Phi) is 8.08. The maximum atomic E-state index is 14.2. The Bertz CT molecular complexity index is 1810. The number of carbonyl (C=O) groups excluding carboxylic acids is 1. The molecule has 1 amide bonds. The highest BCUT2D eigenvalue weighted by Crippen LogP contribution is 2.30. The van der Waals surface area contributed by atoms with Gasteiger partial charge in [-0.25, -0.2) is 8.78 Å². The minimum absolute atomic E-state index is 0.0330. The highest BCUT2D eigenvalue weighted by Gasteiger charge is 2.29. The normalized spacial score (nSPS) is 11.7. The van der Waals surface area contributed by atoms with E-state index in [9.17, 15) is 23.5 Å². The zero-order valence-electron chi connectivity index (χ0n) is 24.3. The Morgan fingerprint density at radius 2 is 1.70 bits per heavy atom. The number of amides is 1. The van der Waals surface area contributed by atoms with E-state index in [2.05, 4.69) is 9.97 Å². The number of carboxylic acids is 1. The zero-order chi connectivity index (χ0) is 30.9. The van der Waals surface area contributed by atoms with Crippen molar-refractivity contribution in [1.29, 1.82) is 0 Å². The monoisotopic (exact) mass is 583 g/mol. The number of carboxylic acid groups (broad SMARTS) is 1. The fourth-order valence-corrected chi connectivity index (χ4v) is 4.94. The van der Waals surface area contributed by atoms with E-state index in [1.54, 1.807) is 43.1 Å². The molecule has 0 aliphatic carbocycles. The lowest BCUT2D eigenvalue weighted by Gasteiger charge is -2.24. The lowest BCUT2D eigenvalue weighted by Crippen LogP contribution is -2.31. The number of alkyl halides is 2. The predicted molar refractivity (Wildman–Crippen MR) is 159 cm³/mol. The SMILES string of the molecule is Cc1nc2cccnc2c(C(=O)N(Cc2ccc(-c3cccc(C(C)(C)C(=O)O)c3)cc2)Cc2ccc(C(F)F)o2)c1C. The molecular formula is C34H31F2N3O4. The molecule has 1 N–H and O–H groups in total. The van der Waals surface area contributed by atoms with Gasteiger partial charge in [-0.2, -0.15) is 0 Å². The molecule has 3 heterocycles. The average molecular weight is 584 g/mol. The van der Waals surface area contributed by atoms with Crippen molar-refractivity contribution in [2.24, 2.45) is 0 Å². The topological polar surface area (TPSA) is 96.5 Å². The van der Waals surface area contributed by atoms with Gasteiger partial charge < -0.3 is 14.4 Å². The van der Waals surface area contributed by atoms with Crippen LogP contribution in [0, 0.1) is 13.8 Å². The summed E-state index contributed by atoms with van der Waals surface area (Å²) < 4.78 is 31.9. The van der Waals surface area contributed by atoms with Gasteiger partial charge in [0.2, 0.25) is 0 Å². The number of aliphatic carboxylic acids is 1. The second-order valence-corrected chi connectivity index (χ2v) is 11.0. The van der Waals surface area contributed by atoms with Crippen molar-refractivity contribution in [2.45, 2.75) is 52.6 Å². The molecule has 0 atom stereocenters. The van der Waals surface area contributed by atoms with Crippen LogP contribution in [0.4, 0.5) is 8.78 Å². The van der Waals surface area contributed by atoms with Crippen LogP contribution in [0.15, 0.2) is 83.4 Å². The summed E-state index contributed by atoms with van der Waals surface area (Å²) in [5.74, 6) is -1.46. The van der Waals surface area contributed by atoms with Crippen LogP contribution < -0.4 is 0 Å². The molecule has 0 fully saturated rings. The number of nitrogens with zero attached hydrogens (tertiary/aromatic N) is 3. The van der Waals surface area contributed by atoms with Crippen LogP contribution in [0.2, 0.25) is 0 Å². The number of benzene rings is 2. The Morgan fingerprint density at radius 3 is 2.37 bits per heavy atom. The van der Waals surface area contributed by atoms with E-state index in [0.29, 0.717) is 33.4 Å². The van der Waals surface area contributed by atoms with Gasteiger partial charge in [-0.3, -0.25) is 19.6 Å². The molecule has 9 heteroatoms. The number of hydrogen-bond acceptors (Lipinski definition) is 5. The van der Waals surface area contributed by atoms with Gasteiger partial charge in [0, 0.05) is 18.4 Å². The largest absolute Gasteiger partial charge is 0.481 e. The summed E-state index contributed by atoms with van der Waals surface area (Å²) >= 11 is 0. The van der Waals surface area contributed by atoms with Gasteiger partial charge in [0.05, 0.1) is 23.0 Å². The quantitative estimate of drug-likeness (QED) is 0.191. The first-order valence-corrected chi connectivity index (χ1v) is 13.8. The van der Waals surface area contributed by atoms with Crippen LogP contribution in [0.5, 0.6) is 0 Å². The summed E-state index contributed by atoms with van der Waals surface area (Å²) in [5, 5.41) is 9.65. The van der Waals surface area contributed by atoms with Gasteiger partial charge in [-0.05, 0) is 79.8 Å². The number of aromatic nitrogens is 2. The second-order valence-electron chi connectivity index (χ2n) is 11.0. The number of aryl methyl sites for hydroxylation is 1. The first kappa shape index (κ1) is 29.6. The molecular weight excluding hydrogens is 552 g/mol. The first-order chi connectivity index (χ1) is 20.5. The van der Waals surface area contributed by atoms with Gasteiger partial charge in [0.1, 0.15) is 11.3 Å². The third-order valence-corrected chi connectivity index (χ3v) is 7.75. The first-order valence-electron chi connectivity index (χ1n) is 13.8. The fraction of sp³-hybridized carbons (Fsp3) is 0.235. The van der Waals surface area contributed by atoms with Crippen LogP contribution in [0.25, 0.3) is 22.2 Å². The number of carbonyl (C=O) groups is 2. The van der Waals surface area contributed by atoms with E-state index in [1.807, 2.05) is 56.3 Å². The Labute approximate surface area is 247 Å². The molecule has 0 spiro atoms. The molecule has 7 nitrogen and oxygen atoms in total. The molecule has 5 aromatic rings. The average Bonchev–Trinajstić information content (AvgIpc) is 3.47. The molecule has 0 radical (unpaired) electrons.